The van der Waals surface area contributed by atoms with E-state index < -0.39 is 8.07 Å². The lowest BCUT2D eigenvalue weighted by Crippen LogP contribution is -2.16. The van der Waals surface area contributed by atoms with Gasteiger partial charge in [0.1, 0.15) is 13.9 Å². The molecule has 0 saturated carbocycles. The van der Waals surface area contributed by atoms with Crippen LogP contribution in [0.2, 0.25) is 19.6 Å². The number of aromatic nitrogens is 2. The standard InChI is InChI=1S/C9H14N4Si/c1-14(2,3)5-4-7-6-12-9(11)13-8(7)10/h6H,1-3H3,(H4,10,11,12,13). The van der Waals surface area contributed by atoms with Crippen LogP contribution in [0.25, 0.3) is 0 Å². The zero-order valence-corrected chi connectivity index (χ0v) is 9.63. The molecule has 1 heterocycles. The van der Waals surface area contributed by atoms with Crippen LogP contribution >= 0.6 is 0 Å². The summed E-state index contributed by atoms with van der Waals surface area (Å²) in [6.07, 6.45) is 1.56. The Morgan fingerprint density at radius 1 is 1.29 bits per heavy atom. The van der Waals surface area contributed by atoms with Crippen molar-refractivity contribution in [2.24, 2.45) is 0 Å². The van der Waals surface area contributed by atoms with E-state index >= 15 is 0 Å². The molecule has 0 saturated heterocycles. The minimum absolute atomic E-state index is 0.182. The fourth-order valence-electron chi connectivity index (χ4n) is 0.760. The lowest BCUT2D eigenvalue weighted by molar-refractivity contribution is 1.18. The molecule has 0 aliphatic carbocycles. The monoisotopic (exact) mass is 206 g/mol. The van der Waals surface area contributed by atoms with E-state index in [1.54, 1.807) is 6.20 Å². The predicted octanol–water partition coefficient (Wildman–Crippen LogP) is 0.870. The zero-order chi connectivity index (χ0) is 10.8. The molecular weight excluding hydrogens is 192 g/mol. The van der Waals surface area contributed by atoms with Crippen molar-refractivity contribution >= 4 is 19.8 Å². The number of rotatable bonds is 0. The lowest BCUT2D eigenvalue weighted by atomic mass is 10.3. The van der Waals surface area contributed by atoms with Crippen LogP contribution in [-0.2, 0) is 0 Å². The Kier molecular flexibility index (Phi) is 2.77. The maximum atomic E-state index is 5.63. The van der Waals surface area contributed by atoms with Gasteiger partial charge in [0.2, 0.25) is 5.95 Å². The highest BCUT2D eigenvalue weighted by Crippen LogP contribution is 2.07. The molecule has 0 aromatic carbocycles. The zero-order valence-electron chi connectivity index (χ0n) is 8.63. The van der Waals surface area contributed by atoms with Crippen LogP contribution in [0.15, 0.2) is 6.20 Å². The molecule has 0 radical (unpaired) electrons. The number of nitrogen functional groups attached to an aromatic ring is 2. The van der Waals surface area contributed by atoms with Crippen LogP contribution in [-0.4, -0.2) is 18.0 Å². The summed E-state index contributed by atoms with van der Waals surface area (Å²) >= 11 is 0. The molecule has 0 fully saturated rings. The largest absolute Gasteiger partial charge is 0.382 e. The Morgan fingerprint density at radius 2 is 1.93 bits per heavy atom. The third kappa shape index (κ3) is 3.07. The number of nitrogens with zero attached hydrogens (tertiary/aromatic N) is 2. The average molecular weight is 206 g/mol. The molecule has 0 bridgehead atoms. The van der Waals surface area contributed by atoms with E-state index in [1.807, 2.05) is 0 Å². The van der Waals surface area contributed by atoms with E-state index in [0.29, 0.717) is 11.4 Å². The minimum Gasteiger partial charge on any atom is -0.382 e. The summed E-state index contributed by atoms with van der Waals surface area (Å²) in [6.45, 7) is 6.48. The highest BCUT2D eigenvalue weighted by molar-refractivity contribution is 6.83. The summed E-state index contributed by atoms with van der Waals surface area (Å²) in [5.74, 6) is 3.52. The van der Waals surface area contributed by atoms with Gasteiger partial charge in [-0.05, 0) is 0 Å². The van der Waals surface area contributed by atoms with Crippen LogP contribution in [0.4, 0.5) is 11.8 Å². The Hall–Kier alpha value is -1.54. The van der Waals surface area contributed by atoms with Gasteiger partial charge < -0.3 is 11.5 Å². The maximum absolute atomic E-state index is 5.63. The van der Waals surface area contributed by atoms with Crippen molar-refractivity contribution in [1.29, 1.82) is 0 Å². The lowest BCUT2D eigenvalue weighted by Gasteiger charge is -2.03. The van der Waals surface area contributed by atoms with E-state index in [1.165, 1.54) is 0 Å². The summed E-state index contributed by atoms with van der Waals surface area (Å²) < 4.78 is 0. The first-order valence-corrected chi connectivity index (χ1v) is 7.80. The van der Waals surface area contributed by atoms with Crippen molar-refractivity contribution in [1.82, 2.24) is 9.97 Å². The SMILES string of the molecule is C[Si](C)(C)C#Cc1cnc(N)nc1N. The number of nitrogens with two attached hydrogens (primary N) is 2. The molecule has 74 valence electrons. The van der Waals surface area contributed by atoms with Crippen LogP contribution < -0.4 is 11.5 Å². The molecule has 4 N–H and O–H groups in total. The predicted molar refractivity (Wildman–Crippen MR) is 61.1 cm³/mol. The summed E-state index contributed by atoms with van der Waals surface area (Å²) in [7, 11) is -1.38. The fraction of sp³-hybridized carbons (Fsp3) is 0.333. The number of anilines is 2. The molecule has 0 amide bonds. The van der Waals surface area contributed by atoms with Gasteiger partial charge in [0.15, 0.2) is 0 Å². The van der Waals surface area contributed by atoms with Crippen LogP contribution in [0.3, 0.4) is 0 Å². The summed E-state index contributed by atoms with van der Waals surface area (Å²) in [4.78, 5) is 7.67. The third-order valence-electron chi connectivity index (χ3n) is 1.41. The quantitative estimate of drug-likeness (QED) is 0.488. The van der Waals surface area contributed by atoms with Gasteiger partial charge >= 0.3 is 0 Å². The van der Waals surface area contributed by atoms with Crippen molar-refractivity contribution in [3.63, 3.8) is 0 Å². The van der Waals surface area contributed by atoms with Gasteiger partial charge in [-0.15, -0.1) is 5.54 Å². The van der Waals surface area contributed by atoms with Gasteiger partial charge in [0.25, 0.3) is 0 Å². The van der Waals surface area contributed by atoms with Gasteiger partial charge in [-0.2, -0.15) is 4.98 Å². The van der Waals surface area contributed by atoms with Crippen LogP contribution in [0.5, 0.6) is 0 Å². The van der Waals surface area contributed by atoms with E-state index in [-0.39, 0.29) is 5.95 Å². The highest BCUT2D eigenvalue weighted by Gasteiger charge is 2.08. The first-order valence-electron chi connectivity index (χ1n) is 4.30. The third-order valence-corrected chi connectivity index (χ3v) is 2.28. The van der Waals surface area contributed by atoms with Crippen LogP contribution in [0, 0.1) is 11.5 Å². The van der Waals surface area contributed by atoms with E-state index in [4.69, 9.17) is 11.5 Å². The van der Waals surface area contributed by atoms with E-state index in [9.17, 15) is 0 Å². The van der Waals surface area contributed by atoms with Gasteiger partial charge in [-0.3, -0.25) is 0 Å². The van der Waals surface area contributed by atoms with Crippen molar-refractivity contribution < 1.29 is 0 Å². The summed E-state index contributed by atoms with van der Waals surface area (Å²) in [5.41, 5.74) is 14.8. The molecule has 0 aliphatic heterocycles. The highest BCUT2D eigenvalue weighted by atomic mass is 28.3. The molecule has 0 atom stereocenters. The summed E-state index contributed by atoms with van der Waals surface area (Å²) in [5, 5.41) is 0. The normalized spacial score (nSPS) is 10.5. The Labute approximate surface area is 84.8 Å². The van der Waals surface area contributed by atoms with Crippen molar-refractivity contribution in [2.45, 2.75) is 19.6 Å². The molecule has 1 aromatic heterocycles. The van der Waals surface area contributed by atoms with Gasteiger partial charge in [-0.1, -0.05) is 25.6 Å². The number of hydrogen-bond acceptors (Lipinski definition) is 4. The van der Waals surface area contributed by atoms with Gasteiger partial charge in [-0.25, -0.2) is 4.98 Å². The van der Waals surface area contributed by atoms with E-state index in [2.05, 4.69) is 41.1 Å². The van der Waals surface area contributed by atoms with Crippen molar-refractivity contribution in [3.8, 4) is 11.5 Å². The second-order valence-electron chi connectivity index (χ2n) is 4.03. The molecule has 4 nitrogen and oxygen atoms in total. The molecule has 1 rings (SSSR count). The van der Waals surface area contributed by atoms with E-state index in [0.717, 1.165) is 0 Å². The summed E-state index contributed by atoms with van der Waals surface area (Å²) in [6, 6.07) is 0. The molecule has 0 aliphatic rings. The molecule has 5 heteroatoms. The van der Waals surface area contributed by atoms with Crippen molar-refractivity contribution in [2.75, 3.05) is 11.5 Å². The fourth-order valence-corrected chi connectivity index (χ4v) is 1.27. The van der Waals surface area contributed by atoms with Crippen LogP contribution in [0.1, 0.15) is 5.56 Å². The molecule has 1 aromatic rings. The maximum Gasteiger partial charge on any atom is 0.221 e. The molecule has 0 unspecified atom stereocenters. The smallest absolute Gasteiger partial charge is 0.221 e. The van der Waals surface area contributed by atoms with Crippen molar-refractivity contribution in [3.05, 3.63) is 11.8 Å². The number of hydrogen-bond donors (Lipinski definition) is 2. The Bertz CT molecular complexity index is 397. The first kappa shape index (κ1) is 10.5. The molecular formula is C9H14N4Si. The van der Waals surface area contributed by atoms with Gasteiger partial charge in [0.05, 0.1) is 11.8 Å². The Morgan fingerprint density at radius 3 is 2.43 bits per heavy atom. The first-order chi connectivity index (χ1) is 6.38. The average Bonchev–Trinajstić information content (AvgIpc) is 2.00. The Balaban J connectivity index is 3.02. The molecule has 0 spiro atoms. The second-order valence-corrected chi connectivity index (χ2v) is 8.78. The molecule has 14 heavy (non-hydrogen) atoms. The topological polar surface area (TPSA) is 77.8 Å². The van der Waals surface area contributed by atoms with Gasteiger partial charge in [0, 0.05) is 0 Å². The minimum atomic E-state index is -1.38. The second kappa shape index (κ2) is 3.68.